The van der Waals surface area contributed by atoms with Crippen molar-refractivity contribution in [3.63, 3.8) is 0 Å². The summed E-state index contributed by atoms with van der Waals surface area (Å²) in [6.45, 7) is 18.0. The van der Waals surface area contributed by atoms with Crippen molar-refractivity contribution in [3.8, 4) is 0 Å². The second-order valence-corrected chi connectivity index (χ2v) is 9.36. The molecule has 0 spiro atoms. The molecule has 0 atom stereocenters. The third kappa shape index (κ3) is 33.1. The molecule has 1 N–H and O–H groups in total. The first-order chi connectivity index (χ1) is 18.0. The molecule has 10 heteroatoms. The van der Waals surface area contributed by atoms with Crippen LogP contribution in [0.25, 0.3) is 0 Å². The normalized spacial score (nSPS) is 11.6. The van der Waals surface area contributed by atoms with Crippen LogP contribution in [0.1, 0.15) is 47.0 Å². The molecule has 0 radical (unpaired) electrons. The van der Waals surface area contributed by atoms with E-state index in [1.165, 1.54) is 0 Å². The Bertz CT molecular complexity index is 467. The van der Waals surface area contributed by atoms with Gasteiger partial charge in [0.05, 0.1) is 99.1 Å². The van der Waals surface area contributed by atoms with E-state index < -0.39 is 0 Å². The number of amides is 1. The molecule has 0 rings (SSSR count). The summed E-state index contributed by atoms with van der Waals surface area (Å²) >= 11 is 0. The van der Waals surface area contributed by atoms with E-state index in [0.717, 1.165) is 26.0 Å². The van der Waals surface area contributed by atoms with E-state index in [1.807, 2.05) is 0 Å². The van der Waals surface area contributed by atoms with Crippen LogP contribution in [0.2, 0.25) is 0 Å². The first-order valence-corrected chi connectivity index (χ1v) is 13.9. The van der Waals surface area contributed by atoms with E-state index in [0.29, 0.717) is 117 Å². The van der Waals surface area contributed by atoms with E-state index >= 15 is 0 Å². The molecule has 0 saturated carbocycles. The molecular weight excluding hydrogens is 482 g/mol. The van der Waals surface area contributed by atoms with Crippen molar-refractivity contribution in [2.24, 2.45) is 11.8 Å². The predicted molar refractivity (Wildman–Crippen MR) is 143 cm³/mol. The lowest BCUT2D eigenvalue weighted by Gasteiger charge is -2.09. The first kappa shape index (κ1) is 36.1. The molecule has 37 heavy (non-hydrogen) atoms. The number of ether oxygens (including phenoxy) is 8. The summed E-state index contributed by atoms with van der Waals surface area (Å²) in [5, 5.41) is 2.89. The molecule has 0 aliphatic rings. The highest BCUT2D eigenvalue weighted by Gasteiger charge is 2.02. The number of carbonyl (C=O) groups is 1. The van der Waals surface area contributed by atoms with Crippen LogP contribution in [0.5, 0.6) is 0 Å². The van der Waals surface area contributed by atoms with Crippen molar-refractivity contribution in [1.82, 2.24) is 5.32 Å². The lowest BCUT2D eigenvalue weighted by molar-refractivity contribution is -0.122. The Morgan fingerprint density at radius 1 is 0.459 bits per heavy atom. The van der Waals surface area contributed by atoms with E-state index in [-0.39, 0.29) is 5.91 Å². The highest BCUT2D eigenvalue weighted by molar-refractivity contribution is 5.75. The van der Waals surface area contributed by atoms with Crippen LogP contribution in [0.3, 0.4) is 0 Å². The van der Waals surface area contributed by atoms with Gasteiger partial charge in [-0.2, -0.15) is 0 Å². The minimum atomic E-state index is 0.0315. The van der Waals surface area contributed by atoms with Crippen LogP contribution in [-0.2, 0) is 42.7 Å². The Hall–Kier alpha value is -0.850. The Morgan fingerprint density at radius 2 is 0.757 bits per heavy atom. The SMILES string of the molecule is CC(C)CCNC(=O)CCOCCOCCOCCOCCOCCOCCOCCOCCC(C)C. The molecule has 0 aliphatic carbocycles. The lowest BCUT2D eigenvalue weighted by atomic mass is 10.1. The fraction of sp³-hybridized carbons (Fsp3) is 0.963. The summed E-state index contributed by atoms with van der Waals surface area (Å²) in [7, 11) is 0. The second-order valence-electron chi connectivity index (χ2n) is 9.36. The third-order valence-electron chi connectivity index (χ3n) is 4.96. The molecule has 0 saturated heterocycles. The molecular formula is C27H55NO9. The van der Waals surface area contributed by atoms with Crippen molar-refractivity contribution in [1.29, 1.82) is 0 Å². The number of carbonyl (C=O) groups excluding carboxylic acids is 1. The molecule has 0 aliphatic heterocycles. The largest absolute Gasteiger partial charge is 0.379 e. The monoisotopic (exact) mass is 537 g/mol. The maximum Gasteiger partial charge on any atom is 0.222 e. The van der Waals surface area contributed by atoms with Crippen LogP contribution in [0.4, 0.5) is 0 Å². The van der Waals surface area contributed by atoms with Crippen LogP contribution in [0.15, 0.2) is 0 Å². The van der Waals surface area contributed by atoms with Crippen molar-refractivity contribution in [2.75, 3.05) is 112 Å². The van der Waals surface area contributed by atoms with Gasteiger partial charge in [0.25, 0.3) is 0 Å². The molecule has 0 bridgehead atoms. The van der Waals surface area contributed by atoms with Crippen molar-refractivity contribution in [2.45, 2.75) is 47.0 Å². The summed E-state index contributed by atoms with van der Waals surface area (Å²) in [6, 6.07) is 0. The van der Waals surface area contributed by atoms with Crippen LogP contribution in [0, 0.1) is 11.8 Å². The van der Waals surface area contributed by atoms with Gasteiger partial charge in [-0.3, -0.25) is 4.79 Å². The molecule has 0 aromatic heterocycles. The van der Waals surface area contributed by atoms with Gasteiger partial charge in [-0.05, 0) is 24.7 Å². The maximum atomic E-state index is 11.6. The van der Waals surface area contributed by atoms with Crippen LogP contribution in [-0.4, -0.2) is 118 Å². The summed E-state index contributed by atoms with van der Waals surface area (Å²) in [4.78, 5) is 11.6. The van der Waals surface area contributed by atoms with Gasteiger partial charge >= 0.3 is 0 Å². The summed E-state index contributed by atoms with van der Waals surface area (Å²) < 4.78 is 43.6. The zero-order valence-electron chi connectivity index (χ0n) is 24.0. The maximum absolute atomic E-state index is 11.6. The Balaban J connectivity index is 3.09. The van der Waals surface area contributed by atoms with Crippen LogP contribution < -0.4 is 5.32 Å². The topological polar surface area (TPSA) is 103 Å². The molecule has 0 fully saturated rings. The standard InChI is InChI=1S/C27H55NO9/c1-25(2)5-8-28-27(29)7-10-31-12-14-33-16-18-35-20-22-37-24-23-36-21-19-34-17-15-32-13-11-30-9-6-26(3)4/h25-26H,5-24H2,1-4H3,(H,28,29). The highest BCUT2D eigenvalue weighted by Crippen LogP contribution is 1.98. The average molecular weight is 538 g/mol. The summed E-state index contributed by atoms with van der Waals surface area (Å²) in [5.74, 6) is 1.29. The molecule has 0 unspecified atom stereocenters. The van der Waals surface area contributed by atoms with Crippen molar-refractivity contribution >= 4 is 5.91 Å². The van der Waals surface area contributed by atoms with Crippen LogP contribution >= 0.6 is 0 Å². The quantitative estimate of drug-likeness (QED) is 0.139. The Kier molecular flexibility index (Phi) is 29.0. The van der Waals surface area contributed by atoms with Gasteiger partial charge in [0.2, 0.25) is 5.91 Å². The number of nitrogens with one attached hydrogen (secondary N) is 1. The molecule has 10 nitrogen and oxygen atoms in total. The van der Waals surface area contributed by atoms with Gasteiger partial charge in [-0.1, -0.05) is 27.7 Å². The zero-order chi connectivity index (χ0) is 27.2. The zero-order valence-corrected chi connectivity index (χ0v) is 24.0. The van der Waals surface area contributed by atoms with Gasteiger partial charge in [0, 0.05) is 19.6 Å². The lowest BCUT2D eigenvalue weighted by Crippen LogP contribution is -2.26. The van der Waals surface area contributed by atoms with Crippen molar-refractivity contribution < 1.29 is 42.7 Å². The smallest absolute Gasteiger partial charge is 0.222 e. The number of hydrogen-bond acceptors (Lipinski definition) is 9. The first-order valence-electron chi connectivity index (χ1n) is 13.9. The highest BCUT2D eigenvalue weighted by atomic mass is 16.6. The van der Waals surface area contributed by atoms with Gasteiger partial charge in [-0.15, -0.1) is 0 Å². The number of rotatable bonds is 30. The van der Waals surface area contributed by atoms with E-state index in [2.05, 4.69) is 33.0 Å². The molecule has 1 amide bonds. The summed E-state index contributed by atoms with van der Waals surface area (Å²) in [6.07, 6.45) is 2.45. The van der Waals surface area contributed by atoms with E-state index in [4.69, 9.17) is 37.9 Å². The molecule has 0 heterocycles. The van der Waals surface area contributed by atoms with E-state index in [9.17, 15) is 4.79 Å². The van der Waals surface area contributed by atoms with Gasteiger partial charge in [0.1, 0.15) is 0 Å². The predicted octanol–water partition coefficient (Wildman–Crippen LogP) is 2.72. The Labute approximate surface area is 225 Å². The number of hydrogen-bond donors (Lipinski definition) is 1. The van der Waals surface area contributed by atoms with Crippen molar-refractivity contribution in [3.05, 3.63) is 0 Å². The molecule has 222 valence electrons. The molecule has 0 aromatic carbocycles. The van der Waals surface area contributed by atoms with Gasteiger partial charge in [0.15, 0.2) is 0 Å². The van der Waals surface area contributed by atoms with Gasteiger partial charge in [-0.25, -0.2) is 0 Å². The second kappa shape index (κ2) is 29.7. The van der Waals surface area contributed by atoms with Gasteiger partial charge < -0.3 is 43.2 Å². The fourth-order valence-electron chi connectivity index (χ4n) is 2.71. The fourth-order valence-corrected chi connectivity index (χ4v) is 2.71. The summed E-state index contributed by atoms with van der Waals surface area (Å²) in [5.41, 5.74) is 0. The minimum Gasteiger partial charge on any atom is -0.379 e. The third-order valence-corrected chi connectivity index (χ3v) is 4.96. The Morgan fingerprint density at radius 3 is 1.08 bits per heavy atom. The average Bonchev–Trinajstić information content (AvgIpc) is 2.85. The minimum absolute atomic E-state index is 0.0315. The molecule has 0 aromatic rings. The van der Waals surface area contributed by atoms with E-state index in [1.54, 1.807) is 0 Å².